The largest absolute Gasteiger partial charge is 0.342 e. The molecule has 5 heteroatoms. The number of carbonyl (C=O) groups excluding carboxylic acids is 2. The van der Waals surface area contributed by atoms with Gasteiger partial charge >= 0.3 is 0 Å². The monoisotopic (exact) mass is 346 g/mol. The van der Waals surface area contributed by atoms with Crippen LogP contribution in [0.2, 0.25) is 0 Å². The predicted octanol–water partition coefficient (Wildman–Crippen LogP) is 3.10. The van der Waals surface area contributed by atoms with Crippen LogP contribution < -0.4 is 0 Å². The summed E-state index contributed by atoms with van der Waals surface area (Å²) in [6.45, 7) is 3.67. The Bertz CT molecular complexity index is 627. The molecule has 2 aliphatic heterocycles. The molecule has 3 heterocycles. The third-order valence-electron chi connectivity index (χ3n) is 5.70. The van der Waals surface area contributed by atoms with E-state index in [2.05, 4.69) is 11.0 Å². The van der Waals surface area contributed by atoms with Crippen molar-refractivity contribution in [1.82, 2.24) is 9.80 Å². The van der Waals surface area contributed by atoms with E-state index in [0.29, 0.717) is 5.91 Å². The Hall–Kier alpha value is -1.36. The minimum atomic E-state index is 0.125. The minimum absolute atomic E-state index is 0.125. The fourth-order valence-corrected chi connectivity index (χ4v) is 5.46. The number of nitrogens with zero attached hydrogens (tertiary/aromatic N) is 2. The van der Waals surface area contributed by atoms with Crippen LogP contribution in [0.25, 0.3) is 0 Å². The Balaban J connectivity index is 1.45. The van der Waals surface area contributed by atoms with Gasteiger partial charge in [0.15, 0.2) is 0 Å². The molecule has 0 N–H and O–H groups in total. The molecule has 2 amide bonds. The molecule has 0 saturated carbocycles. The van der Waals surface area contributed by atoms with Crippen LogP contribution in [-0.4, -0.2) is 47.8 Å². The molecule has 4 nitrogen and oxygen atoms in total. The summed E-state index contributed by atoms with van der Waals surface area (Å²) in [7, 11) is 0. The van der Waals surface area contributed by atoms with E-state index in [9.17, 15) is 9.59 Å². The van der Waals surface area contributed by atoms with E-state index in [1.54, 1.807) is 11.3 Å². The molecule has 1 atom stereocenters. The molecular formula is C19H26N2O2S. The first-order chi connectivity index (χ1) is 11.7. The number of hydrogen-bond acceptors (Lipinski definition) is 3. The van der Waals surface area contributed by atoms with Crippen molar-refractivity contribution in [2.45, 2.75) is 51.4 Å². The van der Waals surface area contributed by atoms with Crippen molar-refractivity contribution in [3.05, 3.63) is 21.4 Å². The van der Waals surface area contributed by atoms with Crippen molar-refractivity contribution in [1.29, 1.82) is 0 Å². The minimum Gasteiger partial charge on any atom is -0.342 e. The molecule has 1 aliphatic carbocycles. The van der Waals surface area contributed by atoms with Crippen LogP contribution in [0, 0.1) is 5.92 Å². The Kier molecular flexibility index (Phi) is 4.61. The molecule has 0 bridgehead atoms. The molecule has 130 valence electrons. The number of hydrogen-bond donors (Lipinski definition) is 0. The number of rotatable bonds is 2. The lowest BCUT2D eigenvalue weighted by molar-refractivity contribution is -0.136. The molecule has 24 heavy (non-hydrogen) atoms. The van der Waals surface area contributed by atoms with Crippen LogP contribution in [0.4, 0.5) is 0 Å². The molecule has 2 fully saturated rings. The van der Waals surface area contributed by atoms with Gasteiger partial charge in [0.2, 0.25) is 5.91 Å². The van der Waals surface area contributed by atoms with Crippen molar-refractivity contribution in [2.24, 2.45) is 5.92 Å². The fraction of sp³-hybridized carbons (Fsp3) is 0.684. The molecule has 1 aromatic rings. The number of carbonyl (C=O) groups is 2. The van der Waals surface area contributed by atoms with E-state index >= 15 is 0 Å². The summed E-state index contributed by atoms with van der Waals surface area (Å²) in [5, 5.41) is 0. The van der Waals surface area contributed by atoms with Gasteiger partial charge in [-0.3, -0.25) is 9.59 Å². The molecule has 0 radical (unpaired) electrons. The van der Waals surface area contributed by atoms with Crippen LogP contribution in [-0.2, 0) is 17.6 Å². The molecule has 4 rings (SSSR count). The summed E-state index contributed by atoms with van der Waals surface area (Å²) >= 11 is 1.66. The topological polar surface area (TPSA) is 40.6 Å². The van der Waals surface area contributed by atoms with E-state index in [4.69, 9.17) is 0 Å². The van der Waals surface area contributed by atoms with Crippen LogP contribution >= 0.6 is 11.3 Å². The summed E-state index contributed by atoms with van der Waals surface area (Å²) < 4.78 is 0. The van der Waals surface area contributed by atoms with Gasteiger partial charge in [-0.05, 0) is 63.0 Å². The number of likely N-dealkylation sites (tertiary alicyclic amines) is 2. The molecule has 3 aliphatic rings. The van der Waals surface area contributed by atoms with Crippen LogP contribution in [0.1, 0.15) is 58.6 Å². The van der Waals surface area contributed by atoms with Crippen molar-refractivity contribution in [3.8, 4) is 0 Å². The summed E-state index contributed by atoms with van der Waals surface area (Å²) in [4.78, 5) is 31.6. The predicted molar refractivity (Wildman–Crippen MR) is 95.4 cm³/mol. The Morgan fingerprint density at radius 1 is 0.958 bits per heavy atom. The first-order valence-corrected chi connectivity index (χ1v) is 10.2. The van der Waals surface area contributed by atoms with Gasteiger partial charge in [-0.25, -0.2) is 0 Å². The Morgan fingerprint density at radius 2 is 1.62 bits per heavy atom. The van der Waals surface area contributed by atoms with Gasteiger partial charge in [-0.15, -0.1) is 11.3 Å². The highest BCUT2D eigenvalue weighted by atomic mass is 32.1. The van der Waals surface area contributed by atoms with Gasteiger partial charge < -0.3 is 9.80 Å². The number of aryl methyl sites for hydroxylation is 1. The lowest BCUT2D eigenvalue weighted by Crippen LogP contribution is -2.41. The highest BCUT2D eigenvalue weighted by Gasteiger charge is 2.31. The molecule has 0 spiro atoms. The van der Waals surface area contributed by atoms with Gasteiger partial charge in [0.1, 0.15) is 0 Å². The second-order valence-electron chi connectivity index (χ2n) is 7.38. The number of piperidine rings is 1. The van der Waals surface area contributed by atoms with E-state index in [1.165, 1.54) is 16.9 Å². The second-order valence-corrected chi connectivity index (χ2v) is 8.52. The smallest absolute Gasteiger partial charge is 0.263 e. The first-order valence-electron chi connectivity index (χ1n) is 9.42. The molecular weight excluding hydrogens is 320 g/mol. The summed E-state index contributed by atoms with van der Waals surface area (Å²) in [5.41, 5.74) is 1.25. The summed E-state index contributed by atoms with van der Waals surface area (Å²) in [5.74, 6) is 0.671. The normalized spacial score (nSPS) is 24.1. The van der Waals surface area contributed by atoms with Gasteiger partial charge in [-0.1, -0.05) is 0 Å². The first kappa shape index (κ1) is 16.1. The average molecular weight is 346 g/mol. The van der Waals surface area contributed by atoms with E-state index in [0.717, 1.165) is 76.0 Å². The van der Waals surface area contributed by atoms with Crippen molar-refractivity contribution in [2.75, 3.05) is 26.2 Å². The average Bonchev–Trinajstić information content (AvgIpc) is 3.30. The summed E-state index contributed by atoms with van der Waals surface area (Å²) in [6.07, 6.45) is 8.54. The second kappa shape index (κ2) is 6.87. The maximum Gasteiger partial charge on any atom is 0.263 e. The third kappa shape index (κ3) is 3.10. The molecule has 0 unspecified atom stereocenters. The molecule has 2 saturated heterocycles. The quantitative estimate of drug-likeness (QED) is 0.826. The Morgan fingerprint density at radius 3 is 2.38 bits per heavy atom. The highest BCUT2D eigenvalue weighted by Crippen LogP contribution is 2.34. The number of amides is 2. The van der Waals surface area contributed by atoms with E-state index in [1.807, 2.05) is 4.90 Å². The molecule has 0 aromatic carbocycles. The van der Waals surface area contributed by atoms with Crippen LogP contribution in [0.15, 0.2) is 6.07 Å². The zero-order valence-electron chi connectivity index (χ0n) is 14.3. The van der Waals surface area contributed by atoms with Gasteiger partial charge in [0.25, 0.3) is 5.91 Å². The SMILES string of the molecule is O=C(c1cc2c(s1)CC[C@H](C(=O)N1CCCCC1)C2)N1CCCC1. The fourth-order valence-electron chi connectivity index (χ4n) is 4.29. The van der Waals surface area contributed by atoms with E-state index < -0.39 is 0 Å². The van der Waals surface area contributed by atoms with Gasteiger partial charge in [-0.2, -0.15) is 0 Å². The Labute approximate surface area is 147 Å². The lowest BCUT2D eigenvalue weighted by atomic mass is 9.87. The highest BCUT2D eigenvalue weighted by molar-refractivity contribution is 7.14. The van der Waals surface area contributed by atoms with Crippen molar-refractivity contribution >= 4 is 23.2 Å². The van der Waals surface area contributed by atoms with Crippen molar-refractivity contribution in [3.63, 3.8) is 0 Å². The van der Waals surface area contributed by atoms with Crippen molar-refractivity contribution < 1.29 is 9.59 Å². The maximum atomic E-state index is 12.8. The third-order valence-corrected chi connectivity index (χ3v) is 6.93. The van der Waals surface area contributed by atoms with Gasteiger partial charge in [0.05, 0.1) is 4.88 Å². The molecule has 1 aromatic heterocycles. The van der Waals surface area contributed by atoms with Crippen LogP contribution in [0.5, 0.6) is 0 Å². The lowest BCUT2D eigenvalue weighted by Gasteiger charge is -2.31. The zero-order chi connectivity index (χ0) is 16.5. The zero-order valence-corrected chi connectivity index (χ0v) is 15.1. The number of fused-ring (bicyclic) bond motifs is 1. The standard InChI is InChI=1S/C19H26N2O2S/c22-18(20-8-2-1-3-9-20)14-6-7-16-15(12-14)13-17(24-16)19(23)21-10-4-5-11-21/h13-14H,1-12H2/t14-/m0/s1. The summed E-state index contributed by atoms with van der Waals surface area (Å²) in [6, 6.07) is 2.08. The maximum absolute atomic E-state index is 12.8. The number of thiophene rings is 1. The van der Waals surface area contributed by atoms with Crippen LogP contribution in [0.3, 0.4) is 0 Å². The van der Waals surface area contributed by atoms with E-state index in [-0.39, 0.29) is 11.8 Å². The van der Waals surface area contributed by atoms with Gasteiger partial charge in [0, 0.05) is 37.0 Å².